The predicted octanol–water partition coefficient (Wildman–Crippen LogP) is 3.32. The van der Waals surface area contributed by atoms with E-state index in [-0.39, 0.29) is 5.92 Å². The van der Waals surface area contributed by atoms with Crippen LogP contribution in [0.4, 0.5) is 0 Å². The lowest BCUT2D eigenvalue weighted by molar-refractivity contribution is -0.00452. The highest BCUT2D eigenvalue weighted by atomic mass is 35.5. The summed E-state index contributed by atoms with van der Waals surface area (Å²) in [6, 6.07) is 5.37. The molecule has 0 spiro atoms. The Morgan fingerprint density at radius 2 is 2.24 bits per heavy atom. The van der Waals surface area contributed by atoms with Gasteiger partial charge in [-0.25, -0.2) is 0 Å². The van der Waals surface area contributed by atoms with Crippen LogP contribution in [0.5, 0.6) is 0 Å². The Morgan fingerprint density at radius 3 is 2.82 bits per heavy atom. The molecule has 1 aromatic rings. The van der Waals surface area contributed by atoms with E-state index in [4.69, 9.17) is 27.9 Å². The summed E-state index contributed by atoms with van der Waals surface area (Å²) < 4.78 is 5.32. The van der Waals surface area contributed by atoms with Crippen LogP contribution in [-0.2, 0) is 11.2 Å². The van der Waals surface area contributed by atoms with Crippen molar-refractivity contribution >= 4 is 23.2 Å². The molecular weight excluding hydrogens is 259 g/mol. The molecule has 94 valence electrons. The Balaban J connectivity index is 2.13. The molecule has 0 bridgehead atoms. The fourth-order valence-corrected chi connectivity index (χ4v) is 2.70. The molecule has 0 aromatic heterocycles. The van der Waals surface area contributed by atoms with Gasteiger partial charge in [0, 0.05) is 29.0 Å². The topological polar surface area (TPSA) is 29.5 Å². The van der Waals surface area contributed by atoms with Gasteiger partial charge in [-0.1, -0.05) is 29.3 Å². The summed E-state index contributed by atoms with van der Waals surface area (Å²) in [6.07, 6.45) is 1.43. The molecule has 2 rings (SSSR count). The molecule has 2 atom stereocenters. The summed E-state index contributed by atoms with van der Waals surface area (Å²) >= 11 is 12.0. The largest absolute Gasteiger partial charge is 0.389 e. The molecule has 0 saturated carbocycles. The molecule has 1 heterocycles. The monoisotopic (exact) mass is 274 g/mol. The lowest BCUT2D eigenvalue weighted by Crippen LogP contribution is -2.37. The Morgan fingerprint density at radius 1 is 1.47 bits per heavy atom. The van der Waals surface area contributed by atoms with E-state index < -0.39 is 5.60 Å². The van der Waals surface area contributed by atoms with E-state index in [1.54, 1.807) is 12.1 Å². The number of aliphatic hydroxyl groups is 1. The molecule has 0 amide bonds. The fourth-order valence-electron chi connectivity index (χ4n) is 2.22. The summed E-state index contributed by atoms with van der Waals surface area (Å²) in [5.41, 5.74) is 0.140. The fraction of sp³-hybridized carbons (Fsp3) is 0.538. The van der Waals surface area contributed by atoms with E-state index in [1.807, 2.05) is 13.0 Å². The van der Waals surface area contributed by atoms with Gasteiger partial charge >= 0.3 is 0 Å². The minimum atomic E-state index is -0.784. The number of benzene rings is 1. The first-order valence-corrected chi connectivity index (χ1v) is 6.49. The van der Waals surface area contributed by atoms with Crippen molar-refractivity contribution in [2.75, 3.05) is 13.2 Å². The molecule has 0 radical (unpaired) electrons. The highest BCUT2D eigenvalue weighted by Gasteiger charge is 2.35. The SMILES string of the molecule is CC(O)(Cc1ccc(Cl)cc1Cl)C1CCOC1. The summed E-state index contributed by atoms with van der Waals surface area (Å²) in [5, 5.41) is 11.7. The zero-order valence-corrected chi connectivity index (χ0v) is 11.3. The number of hydrogen-bond acceptors (Lipinski definition) is 2. The molecule has 2 nitrogen and oxygen atoms in total. The van der Waals surface area contributed by atoms with E-state index in [2.05, 4.69) is 0 Å². The Kier molecular flexibility index (Phi) is 3.99. The quantitative estimate of drug-likeness (QED) is 0.916. The zero-order chi connectivity index (χ0) is 12.5. The number of hydrogen-bond donors (Lipinski definition) is 1. The van der Waals surface area contributed by atoms with Gasteiger partial charge in [0.05, 0.1) is 12.2 Å². The molecular formula is C13H16Cl2O2. The third-order valence-corrected chi connectivity index (χ3v) is 3.96. The molecule has 1 aromatic carbocycles. The van der Waals surface area contributed by atoms with Crippen LogP contribution in [0.2, 0.25) is 10.0 Å². The molecule has 1 fully saturated rings. The average Bonchev–Trinajstić information content (AvgIpc) is 2.76. The predicted molar refractivity (Wildman–Crippen MR) is 69.7 cm³/mol. The second-order valence-electron chi connectivity index (χ2n) is 4.83. The smallest absolute Gasteiger partial charge is 0.0711 e. The number of ether oxygens (including phenoxy) is 1. The molecule has 17 heavy (non-hydrogen) atoms. The van der Waals surface area contributed by atoms with E-state index in [1.165, 1.54) is 0 Å². The van der Waals surface area contributed by atoms with Gasteiger partial charge in [-0.3, -0.25) is 0 Å². The van der Waals surface area contributed by atoms with Gasteiger partial charge in [-0.05, 0) is 31.0 Å². The third-order valence-electron chi connectivity index (χ3n) is 3.37. The first-order valence-electron chi connectivity index (χ1n) is 5.73. The Labute approximate surface area is 111 Å². The van der Waals surface area contributed by atoms with Crippen molar-refractivity contribution in [3.63, 3.8) is 0 Å². The van der Waals surface area contributed by atoms with E-state index in [9.17, 15) is 5.11 Å². The minimum absolute atomic E-state index is 0.175. The highest BCUT2D eigenvalue weighted by molar-refractivity contribution is 6.35. The van der Waals surface area contributed by atoms with E-state index in [0.29, 0.717) is 23.1 Å². The number of rotatable bonds is 3. The maximum atomic E-state index is 10.5. The molecule has 1 aliphatic heterocycles. The second kappa shape index (κ2) is 5.15. The van der Waals surface area contributed by atoms with Crippen LogP contribution in [0.25, 0.3) is 0 Å². The van der Waals surface area contributed by atoms with E-state index >= 15 is 0 Å². The number of halogens is 2. The van der Waals surface area contributed by atoms with Crippen LogP contribution in [0, 0.1) is 5.92 Å². The molecule has 2 unspecified atom stereocenters. The van der Waals surface area contributed by atoms with Crippen LogP contribution in [-0.4, -0.2) is 23.9 Å². The van der Waals surface area contributed by atoms with Crippen LogP contribution < -0.4 is 0 Å². The second-order valence-corrected chi connectivity index (χ2v) is 5.67. The maximum Gasteiger partial charge on any atom is 0.0711 e. The van der Waals surface area contributed by atoms with Crippen molar-refractivity contribution in [3.05, 3.63) is 33.8 Å². The lowest BCUT2D eigenvalue weighted by atomic mass is 9.83. The molecule has 4 heteroatoms. The van der Waals surface area contributed by atoms with Crippen molar-refractivity contribution < 1.29 is 9.84 Å². The first kappa shape index (κ1) is 13.2. The van der Waals surface area contributed by atoms with Crippen LogP contribution >= 0.6 is 23.2 Å². The first-order chi connectivity index (χ1) is 7.99. The molecule has 0 aliphatic carbocycles. The molecule has 1 N–H and O–H groups in total. The highest BCUT2D eigenvalue weighted by Crippen LogP contribution is 2.31. The van der Waals surface area contributed by atoms with Gasteiger partial charge in [0.2, 0.25) is 0 Å². The summed E-state index contributed by atoms with van der Waals surface area (Å²) in [4.78, 5) is 0. The van der Waals surface area contributed by atoms with Gasteiger partial charge in [0.1, 0.15) is 0 Å². The normalized spacial score (nSPS) is 23.6. The summed E-state index contributed by atoms with van der Waals surface area (Å²) in [5.74, 6) is 0.175. The van der Waals surface area contributed by atoms with Crippen LogP contribution in [0.3, 0.4) is 0 Å². The van der Waals surface area contributed by atoms with Crippen LogP contribution in [0.1, 0.15) is 18.9 Å². The standard InChI is InChI=1S/C13H16Cl2O2/c1-13(16,10-4-5-17-8-10)7-9-2-3-11(14)6-12(9)15/h2-3,6,10,16H,4-5,7-8H2,1H3. The molecule has 1 aliphatic rings. The average molecular weight is 275 g/mol. The van der Waals surface area contributed by atoms with Gasteiger partial charge in [0.15, 0.2) is 0 Å². The van der Waals surface area contributed by atoms with Crippen molar-refractivity contribution in [3.8, 4) is 0 Å². The summed E-state index contributed by atoms with van der Waals surface area (Å²) in [7, 11) is 0. The van der Waals surface area contributed by atoms with Crippen molar-refractivity contribution in [1.29, 1.82) is 0 Å². The van der Waals surface area contributed by atoms with Crippen molar-refractivity contribution in [1.82, 2.24) is 0 Å². The molecule has 1 saturated heterocycles. The Bertz CT molecular complexity index is 398. The lowest BCUT2D eigenvalue weighted by Gasteiger charge is -2.29. The van der Waals surface area contributed by atoms with Crippen molar-refractivity contribution in [2.45, 2.75) is 25.4 Å². The van der Waals surface area contributed by atoms with Crippen LogP contribution in [0.15, 0.2) is 18.2 Å². The van der Waals surface area contributed by atoms with Gasteiger partial charge in [-0.15, -0.1) is 0 Å². The maximum absolute atomic E-state index is 10.5. The third kappa shape index (κ3) is 3.14. The minimum Gasteiger partial charge on any atom is -0.389 e. The van der Waals surface area contributed by atoms with Gasteiger partial charge in [-0.2, -0.15) is 0 Å². The van der Waals surface area contributed by atoms with Gasteiger partial charge < -0.3 is 9.84 Å². The Hall–Kier alpha value is -0.280. The van der Waals surface area contributed by atoms with Crippen molar-refractivity contribution in [2.24, 2.45) is 5.92 Å². The van der Waals surface area contributed by atoms with E-state index in [0.717, 1.165) is 18.6 Å². The van der Waals surface area contributed by atoms with Gasteiger partial charge in [0.25, 0.3) is 0 Å². The summed E-state index contributed by atoms with van der Waals surface area (Å²) in [6.45, 7) is 3.20. The zero-order valence-electron chi connectivity index (χ0n) is 9.75.